The molecule has 0 aliphatic heterocycles. The molecule has 0 aliphatic rings. The van der Waals surface area contributed by atoms with Gasteiger partial charge < -0.3 is 4.74 Å². The van der Waals surface area contributed by atoms with Crippen LogP contribution in [-0.4, -0.2) is 23.8 Å². The summed E-state index contributed by atoms with van der Waals surface area (Å²) in [5.74, 6) is -0.329. The van der Waals surface area contributed by atoms with Crippen molar-refractivity contribution in [2.24, 2.45) is 4.99 Å². The Morgan fingerprint density at radius 1 is 1.61 bits per heavy atom. The maximum Gasteiger partial charge on any atom is 0.350 e. The number of ether oxygens (including phenoxy) is 1. The SMILES string of the molecule is CCOC(=O)c1sc(/N=C/c2cccs2)nc1C. The van der Waals surface area contributed by atoms with Gasteiger partial charge in [-0.25, -0.2) is 14.8 Å². The molecule has 0 atom stereocenters. The predicted molar refractivity (Wildman–Crippen MR) is 74.4 cm³/mol. The number of aryl methyl sites for hydroxylation is 1. The van der Waals surface area contributed by atoms with Crippen LogP contribution in [0.1, 0.15) is 27.2 Å². The van der Waals surface area contributed by atoms with Gasteiger partial charge in [-0.1, -0.05) is 17.4 Å². The van der Waals surface area contributed by atoms with Gasteiger partial charge in [-0.05, 0) is 25.3 Å². The van der Waals surface area contributed by atoms with Gasteiger partial charge in [-0.2, -0.15) is 0 Å². The van der Waals surface area contributed by atoms with Gasteiger partial charge in [0.05, 0.1) is 12.3 Å². The Labute approximate surface area is 113 Å². The fraction of sp³-hybridized carbons (Fsp3) is 0.250. The van der Waals surface area contributed by atoms with Crippen LogP contribution in [0.5, 0.6) is 0 Å². The Hall–Kier alpha value is -1.53. The molecule has 2 aromatic heterocycles. The van der Waals surface area contributed by atoms with E-state index in [4.69, 9.17) is 4.74 Å². The average molecular weight is 280 g/mol. The first-order valence-electron chi connectivity index (χ1n) is 5.43. The first kappa shape index (κ1) is 12.9. The molecule has 2 aromatic rings. The number of nitrogens with zero attached hydrogens (tertiary/aromatic N) is 2. The van der Waals surface area contributed by atoms with E-state index < -0.39 is 0 Å². The van der Waals surface area contributed by atoms with Gasteiger partial charge in [0.15, 0.2) is 0 Å². The number of aromatic nitrogens is 1. The molecule has 0 aliphatic carbocycles. The van der Waals surface area contributed by atoms with E-state index in [1.54, 1.807) is 31.4 Å². The highest BCUT2D eigenvalue weighted by molar-refractivity contribution is 7.17. The molecular weight excluding hydrogens is 268 g/mol. The summed E-state index contributed by atoms with van der Waals surface area (Å²) in [5, 5.41) is 2.56. The van der Waals surface area contributed by atoms with Gasteiger partial charge in [-0.3, -0.25) is 0 Å². The highest BCUT2D eigenvalue weighted by Gasteiger charge is 2.15. The fourth-order valence-corrected chi connectivity index (χ4v) is 2.70. The lowest BCUT2D eigenvalue weighted by Crippen LogP contribution is -2.03. The molecule has 0 aromatic carbocycles. The predicted octanol–water partition coefficient (Wildman–Crippen LogP) is 3.44. The van der Waals surface area contributed by atoms with Crippen molar-refractivity contribution in [1.82, 2.24) is 4.98 Å². The van der Waals surface area contributed by atoms with Crippen molar-refractivity contribution in [2.45, 2.75) is 13.8 Å². The van der Waals surface area contributed by atoms with E-state index in [0.717, 1.165) is 4.88 Å². The maximum absolute atomic E-state index is 11.6. The van der Waals surface area contributed by atoms with Crippen LogP contribution in [0.3, 0.4) is 0 Å². The Bertz CT molecular complexity index is 559. The number of hydrogen-bond donors (Lipinski definition) is 0. The second kappa shape index (κ2) is 5.88. The zero-order valence-corrected chi connectivity index (χ0v) is 11.7. The summed E-state index contributed by atoms with van der Waals surface area (Å²) in [6, 6.07) is 3.93. The number of carbonyl (C=O) groups is 1. The molecule has 0 radical (unpaired) electrons. The standard InChI is InChI=1S/C12H12N2O2S2/c1-3-16-11(15)10-8(2)14-12(18-10)13-7-9-5-4-6-17-9/h4-7H,3H2,1-2H3/b13-7+. The highest BCUT2D eigenvalue weighted by Crippen LogP contribution is 2.25. The van der Waals surface area contributed by atoms with Crippen molar-refractivity contribution in [3.8, 4) is 0 Å². The first-order chi connectivity index (χ1) is 8.70. The minimum absolute atomic E-state index is 0.329. The van der Waals surface area contributed by atoms with E-state index in [1.165, 1.54) is 11.3 Å². The Morgan fingerprint density at radius 3 is 3.11 bits per heavy atom. The van der Waals surface area contributed by atoms with Crippen LogP contribution in [0, 0.1) is 6.92 Å². The molecule has 0 spiro atoms. The third-order valence-corrected chi connectivity index (χ3v) is 3.94. The number of thiazole rings is 1. The largest absolute Gasteiger partial charge is 0.462 e. The summed E-state index contributed by atoms with van der Waals surface area (Å²) in [7, 11) is 0. The van der Waals surface area contributed by atoms with Crippen molar-refractivity contribution in [3.05, 3.63) is 33.0 Å². The molecule has 0 amide bonds. The molecule has 18 heavy (non-hydrogen) atoms. The van der Waals surface area contributed by atoms with Crippen LogP contribution in [0.2, 0.25) is 0 Å². The molecule has 4 nitrogen and oxygen atoms in total. The van der Waals surface area contributed by atoms with Gasteiger partial charge in [0.25, 0.3) is 0 Å². The summed E-state index contributed by atoms with van der Waals surface area (Å²) in [6.07, 6.45) is 1.75. The summed E-state index contributed by atoms with van der Waals surface area (Å²) in [5.41, 5.74) is 0.664. The third kappa shape index (κ3) is 3.02. The van der Waals surface area contributed by atoms with Gasteiger partial charge in [0.1, 0.15) is 4.88 Å². The molecule has 2 heterocycles. The Kier molecular flexibility index (Phi) is 4.22. The monoisotopic (exact) mass is 280 g/mol. The van der Waals surface area contributed by atoms with Gasteiger partial charge in [0, 0.05) is 11.1 Å². The van der Waals surface area contributed by atoms with E-state index >= 15 is 0 Å². The van der Waals surface area contributed by atoms with Crippen LogP contribution in [0.25, 0.3) is 0 Å². The third-order valence-electron chi connectivity index (χ3n) is 2.09. The number of hydrogen-bond acceptors (Lipinski definition) is 6. The lowest BCUT2D eigenvalue weighted by molar-refractivity contribution is 0.0531. The van der Waals surface area contributed by atoms with Gasteiger partial charge >= 0.3 is 5.97 Å². The maximum atomic E-state index is 11.6. The second-order valence-electron chi connectivity index (χ2n) is 3.41. The molecule has 6 heteroatoms. The lowest BCUT2D eigenvalue weighted by atomic mass is 10.4. The normalized spacial score (nSPS) is 11.0. The molecule has 94 valence electrons. The minimum Gasteiger partial charge on any atom is -0.462 e. The van der Waals surface area contributed by atoms with Gasteiger partial charge in [0.2, 0.25) is 5.13 Å². The smallest absolute Gasteiger partial charge is 0.350 e. The van der Waals surface area contributed by atoms with Gasteiger partial charge in [-0.15, -0.1) is 11.3 Å². The molecule has 0 bridgehead atoms. The summed E-state index contributed by atoms with van der Waals surface area (Å²) < 4.78 is 4.95. The van der Waals surface area contributed by atoms with Crippen LogP contribution in [0.15, 0.2) is 22.5 Å². The van der Waals surface area contributed by atoms with Crippen molar-refractivity contribution in [2.75, 3.05) is 6.61 Å². The molecule has 2 rings (SSSR count). The van der Waals surface area contributed by atoms with E-state index in [2.05, 4.69) is 9.98 Å². The van der Waals surface area contributed by atoms with E-state index in [1.807, 2.05) is 17.5 Å². The lowest BCUT2D eigenvalue weighted by Gasteiger charge is -1.97. The summed E-state index contributed by atoms with van der Waals surface area (Å²) in [6.45, 7) is 3.93. The zero-order valence-electron chi connectivity index (χ0n) is 10.0. The molecule has 0 saturated carbocycles. The first-order valence-corrected chi connectivity index (χ1v) is 7.12. The molecule has 0 fully saturated rings. The number of thiophene rings is 1. The number of aliphatic imine (C=N–C) groups is 1. The summed E-state index contributed by atoms with van der Waals surface area (Å²) >= 11 is 2.85. The number of esters is 1. The van der Waals surface area contributed by atoms with E-state index in [0.29, 0.717) is 22.3 Å². The second-order valence-corrected chi connectivity index (χ2v) is 5.36. The Morgan fingerprint density at radius 2 is 2.44 bits per heavy atom. The van der Waals surface area contributed by atoms with Crippen LogP contribution in [-0.2, 0) is 4.74 Å². The van der Waals surface area contributed by atoms with Crippen LogP contribution >= 0.6 is 22.7 Å². The molecule has 0 N–H and O–H groups in total. The fourth-order valence-electron chi connectivity index (χ4n) is 1.31. The quantitative estimate of drug-likeness (QED) is 0.636. The van der Waals surface area contributed by atoms with Crippen LogP contribution < -0.4 is 0 Å². The minimum atomic E-state index is -0.329. The van der Waals surface area contributed by atoms with Crippen molar-refractivity contribution >= 4 is 40.0 Å². The van der Waals surface area contributed by atoms with Crippen molar-refractivity contribution < 1.29 is 9.53 Å². The van der Waals surface area contributed by atoms with E-state index in [9.17, 15) is 4.79 Å². The van der Waals surface area contributed by atoms with E-state index in [-0.39, 0.29) is 5.97 Å². The summed E-state index contributed by atoms with van der Waals surface area (Å²) in [4.78, 5) is 21.7. The van der Waals surface area contributed by atoms with Crippen molar-refractivity contribution in [3.63, 3.8) is 0 Å². The van der Waals surface area contributed by atoms with Crippen molar-refractivity contribution in [1.29, 1.82) is 0 Å². The topological polar surface area (TPSA) is 51.5 Å². The molecular formula is C12H12N2O2S2. The van der Waals surface area contributed by atoms with Crippen LogP contribution in [0.4, 0.5) is 5.13 Å². The number of rotatable bonds is 4. The highest BCUT2D eigenvalue weighted by atomic mass is 32.1. The zero-order chi connectivity index (χ0) is 13.0. The average Bonchev–Trinajstić information content (AvgIpc) is 2.96. The molecule has 0 unspecified atom stereocenters. The Balaban J connectivity index is 2.16. The molecule has 0 saturated heterocycles. The number of carbonyl (C=O) groups excluding carboxylic acids is 1.